The highest BCUT2D eigenvalue weighted by atomic mass is 16.3. The number of allylic oxidation sites excluding steroid dienone is 2. The van der Waals surface area contributed by atoms with Gasteiger partial charge in [-0.3, -0.25) is 4.79 Å². The zero-order chi connectivity index (χ0) is 6.31. The lowest BCUT2D eigenvalue weighted by Crippen LogP contribution is -2.20. The van der Waals surface area contributed by atoms with Crippen molar-refractivity contribution in [2.24, 2.45) is 0 Å². The number of hydrogen-bond donors (Lipinski definition) is 2. The molecule has 0 aromatic heterocycles. The van der Waals surface area contributed by atoms with E-state index in [1.165, 1.54) is 0 Å². The van der Waals surface area contributed by atoms with Gasteiger partial charge in [0.1, 0.15) is 0 Å². The molecule has 0 aliphatic heterocycles. The first-order chi connectivity index (χ1) is 3.64. The Kier molecular flexibility index (Phi) is 0.687. The molecule has 0 aromatic rings. The number of aliphatic hydroxyl groups excluding tert-OH is 2. The van der Waals surface area contributed by atoms with Gasteiger partial charge in [0.2, 0.25) is 11.5 Å². The van der Waals surface area contributed by atoms with Crippen LogP contribution in [0.15, 0.2) is 23.7 Å². The Bertz CT molecular complexity index is 178. The average molecular weight is 112 g/mol. The Morgan fingerprint density at radius 3 is 1.88 bits per heavy atom. The topological polar surface area (TPSA) is 57.5 Å². The molecular formula is C5H4O3. The van der Waals surface area contributed by atoms with Crippen LogP contribution in [0.5, 0.6) is 0 Å². The molecule has 0 spiro atoms. The first-order valence-corrected chi connectivity index (χ1v) is 2.00. The quantitative estimate of drug-likeness (QED) is 0.447. The van der Waals surface area contributed by atoms with E-state index in [1.54, 1.807) is 0 Å². The molecule has 0 aromatic carbocycles. The van der Waals surface area contributed by atoms with Gasteiger partial charge in [-0.2, -0.15) is 0 Å². The molecule has 1 rings (SSSR count). The summed E-state index contributed by atoms with van der Waals surface area (Å²) in [6, 6.07) is 0. The average Bonchev–Trinajstić information content (AvgIpc) is 1.83. The molecule has 3 heteroatoms. The van der Waals surface area contributed by atoms with E-state index in [2.05, 4.69) is 6.58 Å². The Morgan fingerprint density at radius 2 is 1.75 bits per heavy atom. The lowest BCUT2D eigenvalue weighted by atomic mass is 9.98. The molecule has 3 nitrogen and oxygen atoms in total. The van der Waals surface area contributed by atoms with Crippen LogP contribution in [0, 0.1) is 0 Å². The second kappa shape index (κ2) is 1.12. The van der Waals surface area contributed by atoms with Crippen LogP contribution in [-0.4, -0.2) is 16.0 Å². The molecule has 0 fully saturated rings. The van der Waals surface area contributed by atoms with Gasteiger partial charge in [0.15, 0.2) is 5.76 Å². The van der Waals surface area contributed by atoms with Gasteiger partial charge >= 0.3 is 0 Å². The maximum Gasteiger partial charge on any atom is 0.234 e. The molecule has 0 unspecified atom stereocenters. The molecule has 42 valence electrons. The van der Waals surface area contributed by atoms with Crippen LogP contribution < -0.4 is 0 Å². The summed E-state index contributed by atoms with van der Waals surface area (Å²) < 4.78 is 0. The van der Waals surface area contributed by atoms with Gasteiger partial charge in [0.25, 0.3) is 0 Å². The van der Waals surface area contributed by atoms with E-state index >= 15 is 0 Å². The first-order valence-electron chi connectivity index (χ1n) is 2.00. The minimum atomic E-state index is -0.574. The maximum atomic E-state index is 10.2. The van der Waals surface area contributed by atoms with Crippen LogP contribution in [0.25, 0.3) is 0 Å². The number of carbonyl (C=O) groups excluding carboxylic acids is 1. The van der Waals surface area contributed by atoms with Gasteiger partial charge in [0.05, 0.1) is 5.57 Å². The van der Waals surface area contributed by atoms with Crippen molar-refractivity contribution in [3.05, 3.63) is 23.7 Å². The Hall–Kier alpha value is -1.25. The third kappa shape index (κ3) is 0.307. The van der Waals surface area contributed by atoms with Crippen LogP contribution in [0.4, 0.5) is 0 Å². The van der Waals surface area contributed by atoms with E-state index in [-0.39, 0.29) is 11.3 Å². The molecule has 0 atom stereocenters. The molecule has 0 heterocycles. The fourth-order valence-electron chi connectivity index (χ4n) is 0.438. The Labute approximate surface area is 45.6 Å². The summed E-state index contributed by atoms with van der Waals surface area (Å²) in [5.74, 6) is -1.52. The van der Waals surface area contributed by atoms with Crippen molar-refractivity contribution in [1.82, 2.24) is 0 Å². The first kappa shape index (κ1) is 4.90. The van der Waals surface area contributed by atoms with Crippen molar-refractivity contribution in [2.45, 2.75) is 0 Å². The van der Waals surface area contributed by atoms with E-state index in [4.69, 9.17) is 10.2 Å². The lowest BCUT2D eigenvalue weighted by molar-refractivity contribution is -0.116. The zero-order valence-electron chi connectivity index (χ0n) is 4.01. The molecule has 0 amide bonds. The standard InChI is InChI=1S/C5H4O3/c1-2-3(6)5(8)4(2)7/h6,8H,1H2. The summed E-state index contributed by atoms with van der Waals surface area (Å²) in [6.07, 6.45) is 0. The predicted molar refractivity (Wildman–Crippen MR) is 26.4 cm³/mol. The number of Topliss-reactive ketones (excluding diaryl/α,β-unsaturated/α-hetero) is 1. The van der Waals surface area contributed by atoms with Gasteiger partial charge in [-0.25, -0.2) is 0 Å². The SMILES string of the molecule is C=C1C(=O)C(O)=C1O. The summed E-state index contributed by atoms with van der Waals surface area (Å²) >= 11 is 0. The number of aliphatic hydroxyl groups is 2. The summed E-state index contributed by atoms with van der Waals surface area (Å²) in [5, 5.41) is 16.8. The molecule has 0 bridgehead atoms. The predicted octanol–water partition coefficient (Wildman–Crippen LogP) is 0.453. The van der Waals surface area contributed by atoms with Crippen LogP contribution in [-0.2, 0) is 4.79 Å². The summed E-state index contributed by atoms with van der Waals surface area (Å²) in [5.41, 5.74) is -0.0116. The van der Waals surface area contributed by atoms with E-state index in [9.17, 15) is 4.79 Å². The van der Waals surface area contributed by atoms with Crippen molar-refractivity contribution in [1.29, 1.82) is 0 Å². The fraction of sp³-hybridized carbons (Fsp3) is 0. The Balaban J connectivity index is 3.08. The molecule has 0 radical (unpaired) electrons. The third-order valence-corrected chi connectivity index (χ3v) is 0.999. The molecular weight excluding hydrogens is 108 g/mol. The van der Waals surface area contributed by atoms with Gasteiger partial charge < -0.3 is 10.2 Å². The van der Waals surface area contributed by atoms with E-state index < -0.39 is 11.5 Å². The Morgan fingerprint density at radius 1 is 1.25 bits per heavy atom. The highest BCUT2D eigenvalue weighted by Crippen LogP contribution is 2.23. The zero-order valence-corrected chi connectivity index (χ0v) is 4.01. The largest absolute Gasteiger partial charge is 0.504 e. The van der Waals surface area contributed by atoms with E-state index in [0.29, 0.717) is 0 Å². The minimum Gasteiger partial charge on any atom is -0.504 e. The number of ketones is 1. The number of rotatable bonds is 0. The summed E-state index contributed by atoms with van der Waals surface area (Å²) in [4.78, 5) is 10.2. The highest BCUT2D eigenvalue weighted by Gasteiger charge is 2.31. The molecule has 8 heavy (non-hydrogen) atoms. The second-order valence-electron chi connectivity index (χ2n) is 1.50. The molecule has 1 aliphatic rings. The van der Waals surface area contributed by atoms with E-state index in [0.717, 1.165) is 0 Å². The van der Waals surface area contributed by atoms with Gasteiger partial charge in [0, 0.05) is 0 Å². The molecule has 0 saturated heterocycles. The van der Waals surface area contributed by atoms with Crippen LogP contribution in [0.3, 0.4) is 0 Å². The van der Waals surface area contributed by atoms with Crippen LogP contribution in [0.1, 0.15) is 0 Å². The van der Waals surface area contributed by atoms with Crippen molar-refractivity contribution < 1.29 is 15.0 Å². The summed E-state index contributed by atoms with van der Waals surface area (Å²) in [7, 11) is 0. The molecule has 0 saturated carbocycles. The molecule has 2 N–H and O–H groups in total. The van der Waals surface area contributed by atoms with Crippen molar-refractivity contribution in [2.75, 3.05) is 0 Å². The van der Waals surface area contributed by atoms with Gasteiger partial charge in [-0.15, -0.1) is 0 Å². The van der Waals surface area contributed by atoms with Crippen molar-refractivity contribution in [3.63, 3.8) is 0 Å². The number of hydrogen-bond acceptors (Lipinski definition) is 3. The highest BCUT2D eigenvalue weighted by molar-refractivity contribution is 6.16. The normalized spacial score (nSPS) is 19.0. The fourth-order valence-corrected chi connectivity index (χ4v) is 0.438. The van der Waals surface area contributed by atoms with Crippen LogP contribution >= 0.6 is 0 Å². The maximum absolute atomic E-state index is 10.2. The smallest absolute Gasteiger partial charge is 0.234 e. The van der Waals surface area contributed by atoms with Crippen molar-refractivity contribution >= 4 is 5.78 Å². The summed E-state index contributed by atoms with van der Waals surface area (Å²) in [6.45, 7) is 3.16. The van der Waals surface area contributed by atoms with Gasteiger partial charge in [-0.05, 0) is 0 Å². The van der Waals surface area contributed by atoms with Gasteiger partial charge in [-0.1, -0.05) is 6.58 Å². The third-order valence-electron chi connectivity index (χ3n) is 0.999. The lowest BCUT2D eigenvalue weighted by Gasteiger charge is -2.12. The van der Waals surface area contributed by atoms with E-state index in [1.807, 2.05) is 0 Å². The minimum absolute atomic E-state index is 0.0116. The molecule has 1 aliphatic carbocycles. The van der Waals surface area contributed by atoms with Crippen molar-refractivity contribution in [3.8, 4) is 0 Å². The van der Waals surface area contributed by atoms with Crippen LogP contribution in [0.2, 0.25) is 0 Å². The second-order valence-corrected chi connectivity index (χ2v) is 1.50. The number of carbonyl (C=O) groups is 1. The monoisotopic (exact) mass is 112 g/mol.